The maximum absolute atomic E-state index is 4.42. The van der Waals surface area contributed by atoms with E-state index in [0.29, 0.717) is 17.1 Å². The molecule has 2 rings (SSSR count). The Bertz CT molecular complexity index is 496. The Labute approximate surface area is 110 Å². The van der Waals surface area contributed by atoms with E-state index in [9.17, 15) is 0 Å². The fourth-order valence-corrected chi connectivity index (χ4v) is 2.03. The second-order valence-corrected chi connectivity index (χ2v) is 5.45. The maximum atomic E-state index is 4.42. The van der Waals surface area contributed by atoms with E-state index in [1.54, 1.807) is 28.9 Å². The summed E-state index contributed by atoms with van der Waals surface area (Å²) in [6, 6.07) is 0. The molecule has 0 aromatic carbocycles. The Morgan fingerprint density at radius 3 is 2.78 bits per heavy atom. The Morgan fingerprint density at radius 2 is 2.17 bits per heavy atom. The molecule has 2 heterocycles. The SMILES string of the molecule is CCNc1nc(SC(C)C)nc(-n2ccnc2)n1. The number of nitrogens with zero attached hydrogens (tertiary/aromatic N) is 5. The van der Waals surface area contributed by atoms with Crippen LogP contribution < -0.4 is 5.32 Å². The van der Waals surface area contributed by atoms with Crippen molar-refractivity contribution in [2.75, 3.05) is 11.9 Å². The van der Waals surface area contributed by atoms with Crippen LogP contribution in [0.5, 0.6) is 0 Å². The van der Waals surface area contributed by atoms with Gasteiger partial charge in [-0.3, -0.25) is 4.57 Å². The third kappa shape index (κ3) is 3.19. The number of nitrogens with one attached hydrogen (secondary N) is 1. The minimum Gasteiger partial charge on any atom is -0.354 e. The fourth-order valence-electron chi connectivity index (χ4n) is 1.34. The van der Waals surface area contributed by atoms with Crippen LogP contribution in [0, 0.1) is 0 Å². The van der Waals surface area contributed by atoms with E-state index in [1.807, 2.05) is 13.1 Å². The summed E-state index contributed by atoms with van der Waals surface area (Å²) in [6.45, 7) is 7.01. The number of hydrogen-bond acceptors (Lipinski definition) is 6. The topological polar surface area (TPSA) is 68.5 Å². The first-order valence-electron chi connectivity index (χ1n) is 5.84. The van der Waals surface area contributed by atoms with E-state index < -0.39 is 0 Å². The summed E-state index contributed by atoms with van der Waals surface area (Å²) in [5.74, 6) is 1.18. The van der Waals surface area contributed by atoms with Crippen molar-refractivity contribution in [3.05, 3.63) is 18.7 Å². The van der Waals surface area contributed by atoms with Gasteiger partial charge < -0.3 is 5.32 Å². The van der Waals surface area contributed by atoms with Crippen LogP contribution in [0.25, 0.3) is 5.95 Å². The van der Waals surface area contributed by atoms with Crippen LogP contribution in [-0.2, 0) is 0 Å². The summed E-state index contributed by atoms with van der Waals surface area (Å²) < 4.78 is 1.77. The van der Waals surface area contributed by atoms with Gasteiger partial charge in [-0.15, -0.1) is 0 Å². The van der Waals surface area contributed by atoms with Crippen LogP contribution in [0.3, 0.4) is 0 Å². The first-order valence-corrected chi connectivity index (χ1v) is 6.72. The minimum atomic E-state index is 0.428. The molecule has 0 saturated heterocycles. The van der Waals surface area contributed by atoms with E-state index in [-0.39, 0.29) is 0 Å². The monoisotopic (exact) mass is 264 g/mol. The van der Waals surface area contributed by atoms with Gasteiger partial charge in [0.05, 0.1) is 0 Å². The highest BCUT2D eigenvalue weighted by Crippen LogP contribution is 2.20. The fraction of sp³-hybridized carbons (Fsp3) is 0.455. The molecule has 18 heavy (non-hydrogen) atoms. The molecule has 0 amide bonds. The van der Waals surface area contributed by atoms with Gasteiger partial charge in [-0.25, -0.2) is 4.98 Å². The van der Waals surface area contributed by atoms with Gasteiger partial charge in [0.1, 0.15) is 6.33 Å². The zero-order valence-corrected chi connectivity index (χ0v) is 11.5. The maximum Gasteiger partial charge on any atom is 0.240 e. The molecule has 96 valence electrons. The van der Waals surface area contributed by atoms with Crippen LogP contribution in [0.15, 0.2) is 23.9 Å². The second kappa shape index (κ2) is 5.81. The van der Waals surface area contributed by atoms with E-state index in [1.165, 1.54) is 0 Å². The van der Waals surface area contributed by atoms with Gasteiger partial charge in [-0.05, 0) is 6.92 Å². The lowest BCUT2D eigenvalue weighted by Crippen LogP contribution is -2.09. The van der Waals surface area contributed by atoms with Crippen molar-refractivity contribution < 1.29 is 0 Å². The highest BCUT2D eigenvalue weighted by molar-refractivity contribution is 7.99. The van der Waals surface area contributed by atoms with E-state index in [2.05, 4.69) is 39.1 Å². The lowest BCUT2D eigenvalue weighted by atomic mass is 10.6. The summed E-state index contributed by atoms with van der Waals surface area (Å²) in [5.41, 5.74) is 0. The third-order valence-electron chi connectivity index (χ3n) is 2.01. The van der Waals surface area contributed by atoms with Gasteiger partial charge in [0, 0.05) is 24.2 Å². The highest BCUT2D eigenvalue weighted by atomic mass is 32.2. The quantitative estimate of drug-likeness (QED) is 0.833. The second-order valence-electron chi connectivity index (χ2n) is 3.91. The van der Waals surface area contributed by atoms with Crippen LogP contribution in [0.1, 0.15) is 20.8 Å². The molecule has 0 aliphatic carbocycles. The molecule has 0 bridgehead atoms. The average Bonchev–Trinajstić information content (AvgIpc) is 2.81. The van der Waals surface area contributed by atoms with Crippen molar-refractivity contribution in [2.45, 2.75) is 31.2 Å². The van der Waals surface area contributed by atoms with E-state index in [4.69, 9.17) is 0 Å². The summed E-state index contributed by atoms with van der Waals surface area (Å²) >= 11 is 1.61. The van der Waals surface area contributed by atoms with Crippen molar-refractivity contribution in [3.63, 3.8) is 0 Å². The standard InChI is InChI=1S/C11H16N6S/c1-4-13-9-14-10(17-6-5-12-7-17)16-11(15-9)18-8(2)3/h5-8H,4H2,1-3H3,(H,13,14,15,16). The summed E-state index contributed by atoms with van der Waals surface area (Å²) in [6.07, 6.45) is 5.19. The van der Waals surface area contributed by atoms with Crippen LogP contribution in [0.4, 0.5) is 5.95 Å². The van der Waals surface area contributed by atoms with Crippen LogP contribution in [-0.4, -0.2) is 36.3 Å². The first kappa shape index (κ1) is 12.8. The van der Waals surface area contributed by atoms with Gasteiger partial charge in [0.2, 0.25) is 11.9 Å². The molecule has 0 saturated carbocycles. The molecule has 0 aliphatic heterocycles. The smallest absolute Gasteiger partial charge is 0.240 e. The lowest BCUT2D eigenvalue weighted by molar-refractivity contribution is 0.821. The number of rotatable bonds is 5. The van der Waals surface area contributed by atoms with Crippen molar-refractivity contribution in [1.82, 2.24) is 24.5 Å². The molecule has 0 fully saturated rings. The minimum absolute atomic E-state index is 0.428. The number of hydrogen-bond donors (Lipinski definition) is 1. The Balaban J connectivity index is 2.36. The van der Waals surface area contributed by atoms with Gasteiger partial charge >= 0.3 is 0 Å². The molecule has 0 radical (unpaired) electrons. The molecule has 0 atom stereocenters. The molecule has 0 spiro atoms. The average molecular weight is 264 g/mol. The van der Waals surface area contributed by atoms with Crippen molar-refractivity contribution in [2.24, 2.45) is 0 Å². The molecular formula is C11H16N6S. The molecular weight excluding hydrogens is 248 g/mol. The van der Waals surface area contributed by atoms with Gasteiger partial charge in [0.25, 0.3) is 0 Å². The van der Waals surface area contributed by atoms with Crippen LogP contribution in [0.2, 0.25) is 0 Å². The third-order valence-corrected chi connectivity index (χ3v) is 2.88. The first-order chi connectivity index (χ1) is 8.69. The molecule has 2 aromatic rings. The van der Waals surface area contributed by atoms with Crippen molar-refractivity contribution in [3.8, 4) is 5.95 Å². The van der Waals surface area contributed by atoms with Crippen LogP contribution >= 0.6 is 11.8 Å². The number of thioether (sulfide) groups is 1. The summed E-state index contributed by atoms with van der Waals surface area (Å²) in [5, 5.41) is 4.26. The molecule has 0 unspecified atom stereocenters. The predicted molar refractivity (Wildman–Crippen MR) is 72.1 cm³/mol. The van der Waals surface area contributed by atoms with Gasteiger partial charge in [-0.1, -0.05) is 25.6 Å². The van der Waals surface area contributed by atoms with E-state index >= 15 is 0 Å². The number of aromatic nitrogens is 5. The molecule has 6 nitrogen and oxygen atoms in total. The van der Waals surface area contributed by atoms with Crippen molar-refractivity contribution in [1.29, 1.82) is 0 Å². The zero-order chi connectivity index (χ0) is 13.0. The van der Waals surface area contributed by atoms with Crippen molar-refractivity contribution >= 4 is 17.7 Å². The lowest BCUT2D eigenvalue weighted by Gasteiger charge is -2.08. The summed E-state index contributed by atoms with van der Waals surface area (Å²) in [7, 11) is 0. The molecule has 7 heteroatoms. The Kier molecular flexibility index (Phi) is 4.14. The molecule has 0 aliphatic rings. The Morgan fingerprint density at radius 1 is 1.33 bits per heavy atom. The predicted octanol–water partition coefficient (Wildman–Crippen LogP) is 1.99. The largest absolute Gasteiger partial charge is 0.354 e. The molecule has 1 N–H and O–H groups in total. The molecule has 2 aromatic heterocycles. The Hall–Kier alpha value is -1.63. The summed E-state index contributed by atoms with van der Waals surface area (Å²) in [4.78, 5) is 17.1. The normalized spacial score (nSPS) is 10.9. The van der Waals surface area contributed by atoms with E-state index in [0.717, 1.165) is 11.7 Å². The van der Waals surface area contributed by atoms with Gasteiger partial charge in [0.15, 0.2) is 5.16 Å². The number of anilines is 1. The highest BCUT2D eigenvalue weighted by Gasteiger charge is 2.09. The zero-order valence-electron chi connectivity index (χ0n) is 10.7. The number of imidazole rings is 1. The van der Waals surface area contributed by atoms with Gasteiger partial charge in [-0.2, -0.15) is 15.0 Å².